The lowest BCUT2D eigenvalue weighted by Crippen LogP contribution is -2.53. The van der Waals surface area contributed by atoms with Crippen LogP contribution in [-0.4, -0.2) is 50.3 Å². The Balaban J connectivity index is 2.12. The lowest BCUT2D eigenvalue weighted by Gasteiger charge is -2.32. The normalized spacial score (nSPS) is 31.5. The summed E-state index contributed by atoms with van der Waals surface area (Å²) in [6.45, 7) is -0.689. The van der Waals surface area contributed by atoms with Crippen molar-refractivity contribution < 1.29 is 19.3 Å². The standard InChI is InChI=1S/C13H12BFN4O3/c1-2-12(5-20)13(14,21)3-8(22-12)19-4-7(15)9-10(16)17-6-18-11(9)19/h1,4,6,8,20-21H,3,5H2,(H2,16,17,18)/t8-,12-,13-/m1/s1. The van der Waals surface area contributed by atoms with Gasteiger partial charge in [-0.15, -0.1) is 6.42 Å². The zero-order valence-corrected chi connectivity index (χ0v) is 11.4. The Hall–Kier alpha value is -2.15. The van der Waals surface area contributed by atoms with Gasteiger partial charge in [0.15, 0.2) is 17.1 Å². The number of aliphatic hydroxyl groups excluding tert-OH is 1. The Morgan fingerprint density at radius 2 is 2.36 bits per heavy atom. The number of nitrogens with zero attached hydrogens (tertiary/aromatic N) is 3. The number of fused-ring (bicyclic) bond motifs is 1. The molecule has 3 rings (SSSR count). The van der Waals surface area contributed by atoms with Gasteiger partial charge in [-0.05, 0) is 0 Å². The molecule has 0 spiro atoms. The van der Waals surface area contributed by atoms with E-state index in [1.165, 1.54) is 10.9 Å². The summed E-state index contributed by atoms with van der Waals surface area (Å²) >= 11 is 0. The molecule has 0 amide bonds. The molecular weight excluding hydrogens is 290 g/mol. The molecule has 1 fully saturated rings. The minimum absolute atomic E-state index is 0.0207. The van der Waals surface area contributed by atoms with Crippen LogP contribution in [0.25, 0.3) is 11.0 Å². The van der Waals surface area contributed by atoms with Gasteiger partial charge in [0.05, 0.1) is 17.5 Å². The molecule has 1 saturated heterocycles. The number of aliphatic hydroxyl groups is 2. The van der Waals surface area contributed by atoms with Gasteiger partial charge in [0.2, 0.25) is 0 Å². The first-order valence-electron chi connectivity index (χ1n) is 6.39. The molecule has 9 heteroatoms. The largest absolute Gasteiger partial charge is 0.396 e. The zero-order valence-electron chi connectivity index (χ0n) is 11.4. The molecule has 0 bridgehead atoms. The second-order valence-electron chi connectivity index (χ2n) is 5.17. The molecule has 22 heavy (non-hydrogen) atoms. The number of anilines is 1. The lowest BCUT2D eigenvalue weighted by molar-refractivity contribution is -0.101. The Morgan fingerprint density at radius 3 is 2.95 bits per heavy atom. The molecule has 3 atom stereocenters. The summed E-state index contributed by atoms with van der Waals surface area (Å²) in [6.07, 6.45) is 6.54. The molecule has 7 nitrogen and oxygen atoms in total. The number of halogens is 1. The van der Waals surface area contributed by atoms with Gasteiger partial charge in [0.25, 0.3) is 0 Å². The summed E-state index contributed by atoms with van der Waals surface area (Å²) in [5.74, 6) is 1.51. The molecule has 2 aromatic rings. The van der Waals surface area contributed by atoms with Crippen LogP contribution >= 0.6 is 0 Å². The third kappa shape index (κ3) is 1.82. The first kappa shape index (κ1) is 14.8. The number of hydrogen-bond donors (Lipinski definition) is 3. The quantitative estimate of drug-likeness (QED) is 0.500. The number of nitrogen functional groups attached to an aromatic ring is 1. The fraction of sp³-hybridized carbons (Fsp3) is 0.385. The van der Waals surface area contributed by atoms with E-state index in [1.807, 2.05) is 0 Å². The smallest absolute Gasteiger partial charge is 0.173 e. The minimum Gasteiger partial charge on any atom is -0.396 e. The van der Waals surface area contributed by atoms with E-state index >= 15 is 0 Å². The van der Waals surface area contributed by atoms with E-state index < -0.39 is 29.8 Å². The minimum atomic E-state index is -1.98. The average molecular weight is 302 g/mol. The fourth-order valence-corrected chi connectivity index (χ4v) is 2.62. The number of aromatic nitrogens is 3. The summed E-state index contributed by atoms with van der Waals surface area (Å²) in [5.41, 5.74) is 2.05. The number of hydrogen-bond acceptors (Lipinski definition) is 6. The van der Waals surface area contributed by atoms with Crippen molar-refractivity contribution >= 4 is 24.7 Å². The maximum Gasteiger partial charge on any atom is 0.173 e. The first-order chi connectivity index (χ1) is 10.3. The summed E-state index contributed by atoms with van der Waals surface area (Å²) in [5, 5.41) is 19.7. The van der Waals surface area contributed by atoms with Gasteiger partial charge < -0.3 is 25.3 Å². The Morgan fingerprint density at radius 1 is 1.64 bits per heavy atom. The van der Waals surface area contributed by atoms with E-state index in [0.29, 0.717) is 0 Å². The van der Waals surface area contributed by atoms with Crippen molar-refractivity contribution in [2.24, 2.45) is 0 Å². The van der Waals surface area contributed by atoms with E-state index in [0.717, 1.165) is 6.20 Å². The van der Waals surface area contributed by atoms with Crippen LogP contribution in [0.5, 0.6) is 0 Å². The molecule has 1 aliphatic rings. The monoisotopic (exact) mass is 302 g/mol. The SMILES string of the molecule is [B][C@@]1(O)C[C@H](n2cc(F)c3c(N)ncnc32)O[C@]1(C#C)CO. The molecule has 2 aromatic heterocycles. The second kappa shape index (κ2) is 4.68. The highest BCUT2D eigenvalue weighted by Crippen LogP contribution is 2.43. The summed E-state index contributed by atoms with van der Waals surface area (Å²) in [6, 6.07) is 0. The average Bonchev–Trinajstić information content (AvgIpc) is 2.94. The van der Waals surface area contributed by atoms with E-state index in [4.69, 9.17) is 24.7 Å². The summed E-state index contributed by atoms with van der Waals surface area (Å²) in [4.78, 5) is 7.69. The van der Waals surface area contributed by atoms with Gasteiger partial charge in [0, 0.05) is 12.6 Å². The molecular formula is C13H12BFN4O3. The van der Waals surface area contributed by atoms with Crippen LogP contribution in [0, 0.1) is 18.2 Å². The lowest BCUT2D eigenvalue weighted by atomic mass is 9.68. The van der Waals surface area contributed by atoms with Crippen molar-refractivity contribution in [1.82, 2.24) is 14.5 Å². The van der Waals surface area contributed by atoms with Gasteiger partial charge in [-0.2, -0.15) is 0 Å². The maximum absolute atomic E-state index is 14.1. The maximum atomic E-state index is 14.1. The van der Waals surface area contributed by atoms with E-state index in [-0.39, 0.29) is 23.3 Å². The van der Waals surface area contributed by atoms with Crippen LogP contribution in [-0.2, 0) is 4.74 Å². The van der Waals surface area contributed by atoms with E-state index in [2.05, 4.69) is 15.9 Å². The van der Waals surface area contributed by atoms with Crippen LogP contribution < -0.4 is 5.73 Å². The van der Waals surface area contributed by atoms with Crippen LogP contribution in [0.2, 0.25) is 0 Å². The number of terminal acetylenes is 1. The molecule has 0 aliphatic carbocycles. The second-order valence-corrected chi connectivity index (χ2v) is 5.17. The van der Waals surface area contributed by atoms with Crippen molar-refractivity contribution in [2.75, 3.05) is 12.3 Å². The number of rotatable bonds is 2. The molecule has 0 aromatic carbocycles. The van der Waals surface area contributed by atoms with Gasteiger partial charge in [-0.1, -0.05) is 5.92 Å². The molecule has 112 valence electrons. The molecule has 4 N–H and O–H groups in total. The number of ether oxygens (including phenoxy) is 1. The Labute approximate surface area is 126 Å². The highest BCUT2D eigenvalue weighted by Gasteiger charge is 2.55. The van der Waals surface area contributed by atoms with Gasteiger partial charge in [-0.3, -0.25) is 0 Å². The topological polar surface area (TPSA) is 106 Å². The Kier molecular flexibility index (Phi) is 3.14. The first-order valence-corrected chi connectivity index (χ1v) is 6.39. The number of nitrogens with two attached hydrogens (primary N) is 1. The van der Waals surface area contributed by atoms with E-state index in [1.54, 1.807) is 0 Å². The highest BCUT2D eigenvalue weighted by atomic mass is 19.1. The highest BCUT2D eigenvalue weighted by molar-refractivity contribution is 6.15. The molecule has 0 saturated carbocycles. The van der Waals surface area contributed by atoms with Crippen molar-refractivity contribution in [3.05, 3.63) is 18.3 Å². The van der Waals surface area contributed by atoms with Crippen LogP contribution in [0.3, 0.4) is 0 Å². The third-order valence-corrected chi connectivity index (χ3v) is 3.88. The zero-order chi connectivity index (χ0) is 16.1. The Bertz CT molecular complexity index is 787. The summed E-state index contributed by atoms with van der Waals surface area (Å²) in [7, 11) is 5.75. The molecule has 2 radical (unpaired) electrons. The van der Waals surface area contributed by atoms with Crippen LogP contribution in [0.4, 0.5) is 10.2 Å². The van der Waals surface area contributed by atoms with Gasteiger partial charge in [-0.25, -0.2) is 14.4 Å². The van der Waals surface area contributed by atoms with Crippen LogP contribution in [0.1, 0.15) is 12.6 Å². The summed E-state index contributed by atoms with van der Waals surface area (Å²) < 4.78 is 20.9. The van der Waals surface area contributed by atoms with Gasteiger partial charge in [0.1, 0.15) is 26.2 Å². The molecule has 1 aliphatic heterocycles. The predicted octanol–water partition coefficient (Wildman–Crippen LogP) is -0.707. The fourth-order valence-electron chi connectivity index (χ4n) is 2.62. The predicted molar refractivity (Wildman–Crippen MR) is 76.0 cm³/mol. The van der Waals surface area contributed by atoms with Crippen LogP contribution in [0.15, 0.2) is 12.5 Å². The van der Waals surface area contributed by atoms with Crippen molar-refractivity contribution in [3.63, 3.8) is 0 Å². The third-order valence-electron chi connectivity index (χ3n) is 3.88. The molecule has 3 heterocycles. The molecule has 0 unspecified atom stereocenters. The van der Waals surface area contributed by atoms with Crippen molar-refractivity contribution in [1.29, 1.82) is 0 Å². The van der Waals surface area contributed by atoms with Gasteiger partial charge >= 0.3 is 0 Å². The van der Waals surface area contributed by atoms with E-state index in [9.17, 15) is 14.6 Å². The van der Waals surface area contributed by atoms with Crippen molar-refractivity contribution in [2.45, 2.75) is 23.8 Å². The van der Waals surface area contributed by atoms with Crippen molar-refractivity contribution in [3.8, 4) is 12.3 Å².